The summed E-state index contributed by atoms with van der Waals surface area (Å²) in [4.78, 5) is 11.8. The van der Waals surface area contributed by atoms with Crippen LogP contribution in [0.2, 0.25) is 0 Å². The first-order chi connectivity index (χ1) is 7.07. The zero-order valence-corrected chi connectivity index (χ0v) is 9.69. The van der Waals surface area contributed by atoms with E-state index in [1.54, 1.807) is 0 Å². The highest BCUT2D eigenvalue weighted by molar-refractivity contribution is 5.79. The summed E-state index contributed by atoms with van der Waals surface area (Å²) in [6.07, 6.45) is 0.746. The largest absolute Gasteiger partial charge is 0.396 e. The van der Waals surface area contributed by atoms with Crippen LogP contribution in [0.15, 0.2) is 0 Å². The van der Waals surface area contributed by atoms with Gasteiger partial charge in [-0.05, 0) is 26.2 Å². The molecule has 1 heterocycles. The number of nitrogens with one attached hydrogen (secondary N) is 1. The summed E-state index contributed by atoms with van der Waals surface area (Å²) >= 11 is 0. The van der Waals surface area contributed by atoms with Gasteiger partial charge in [0.05, 0.1) is 18.1 Å². The minimum atomic E-state index is -0.0568. The molecule has 4 unspecified atom stereocenters. The van der Waals surface area contributed by atoms with Crippen molar-refractivity contribution < 1.29 is 14.6 Å². The van der Waals surface area contributed by atoms with Gasteiger partial charge < -0.3 is 15.2 Å². The number of rotatable bonds is 4. The van der Waals surface area contributed by atoms with E-state index in [1.807, 2.05) is 20.8 Å². The van der Waals surface area contributed by atoms with Crippen molar-refractivity contribution in [3.8, 4) is 0 Å². The molecule has 0 aromatic carbocycles. The Balaban J connectivity index is 2.44. The van der Waals surface area contributed by atoms with Crippen LogP contribution in [0.1, 0.15) is 27.2 Å². The van der Waals surface area contributed by atoms with Gasteiger partial charge in [0.2, 0.25) is 5.91 Å². The molecule has 88 valence electrons. The summed E-state index contributed by atoms with van der Waals surface area (Å²) in [5.41, 5.74) is 0. The second-order valence-electron chi connectivity index (χ2n) is 4.30. The van der Waals surface area contributed by atoms with E-state index >= 15 is 0 Å². The lowest BCUT2D eigenvalue weighted by Gasteiger charge is -2.17. The molecule has 0 aromatic rings. The molecule has 1 rings (SSSR count). The van der Waals surface area contributed by atoms with Crippen LogP contribution < -0.4 is 5.32 Å². The van der Waals surface area contributed by atoms with Crippen LogP contribution >= 0.6 is 0 Å². The maximum atomic E-state index is 11.8. The predicted octanol–water partition coefficient (Wildman–Crippen LogP) is 0.545. The van der Waals surface area contributed by atoms with Crippen LogP contribution in [-0.4, -0.2) is 36.4 Å². The highest BCUT2D eigenvalue weighted by atomic mass is 16.5. The third-order valence-electron chi connectivity index (χ3n) is 3.18. The molecule has 2 N–H and O–H groups in total. The quantitative estimate of drug-likeness (QED) is 0.673. The molecular weight excluding hydrogens is 194 g/mol. The summed E-state index contributed by atoms with van der Waals surface area (Å²) in [5.74, 6) is 0.251. The maximum absolute atomic E-state index is 11.8. The number of carbonyl (C=O) groups is 1. The third-order valence-corrected chi connectivity index (χ3v) is 3.18. The van der Waals surface area contributed by atoms with E-state index in [2.05, 4.69) is 5.32 Å². The monoisotopic (exact) mass is 215 g/mol. The van der Waals surface area contributed by atoms with Gasteiger partial charge in [-0.2, -0.15) is 0 Å². The van der Waals surface area contributed by atoms with Crippen molar-refractivity contribution in [3.63, 3.8) is 0 Å². The SMILES string of the molecule is CC1OC(C)C(C(=O)NCCCO)C1C. The number of ether oxygens (including phenoxy) is 1. The molecule has 1 fully saturated rings. The van der Waals surface area contributed by atoms with E-state index in [0.717, 1.165) is 0 Å². The first-order valence-electron chi connectivity index (χ1n) is 5.62. The van der Waals surface area contributed by atoms with Crippen molar-refractivity contribution in [2.45, 2.75) is 39.4 Å². The fourth-order valence-electron chi connectivity index (χ4n) is 2.13. The summed E-state index contributed by atoms with van der Waals surface area (Å²) < 4.78 is 5.60. The molecule has 1 aliphatic rings. The smallest absolute Gasteiger partial charge is 0.226 e. The number of amides is 1. The van der Waals surface area contributed by atoms with E-state index in [0.29, 0.717) is 13.0 Å². The van der Waals surface area contributed by atoms with Crippen molar-refractivity contribution in [2.24, 2.45) is 11.8 Å². The average molecular weight is 215 g/mol. The first kappa shape index (κ1) is 12.5. The fourth-order valence-corrected chi connectivity index (χ4v) is 2.13. The lowest BCUT2D eigenvalue weighted by molar-refractivity contribution is -0.127. The Morgan fingerprint density at radius 1 is 1.33 bits per heavy atom. The maximum Gasteiger partial charge on any atom is 0.226 e. The predicted molar refractivity (Wildman–Crippen MR) is 57.4 cm³/mol. The number of hydrogen-bond acceptors (Lipinski definition) is 3. The molecule has 4 heteroatoms. The van der Waals surface area contributed by atoms with E-state index < -0.39 is 0 Å². The molecule has 15 heavy (non-hydrogen) atoms. The van der Waals surface area contributed by atoms with E-state index in [4.69, 9.17) is 9.84 Å². The summed E-state index contributed by atoms with van der Waals surface area (Å²) in [5, 5.41) is 11.4. The Morgan fingerprint density at radius 2 is 2.00 bits per heavy atom. The number of carbonyl (C=O) groups excluding carboxylic acids is 1. The zero-order chi connectivity index (χ0) is 11.4. The van der Waals surface area contributed by atoms with Crippen molar-refractivity contribution in [1.29, 1.82) is 0 Å². The van der Waals surface area contributed by atoms with Crippen LogP contribution in [0.4, 0.5) is 0 Å². The molecule has 1 amide bonds. The number of hydrogen-bond donors (Lipinski definition) is 2. The Morgan fingerprint density at radius 3 is 2.47 bits per heavy atom. The molecule has 0 spiro atoms. The van der Waals surface area contributed by atoms with Gasteiger partial charge in [-0.1, -0.05) is 6.92 Å². The van der Waals surface area contributed by atoms with E-state index in [1.165, 1.54) is 0 Å². The highest BCUT2D eigenvalue weighted by Crippen LogP contribution is 2.32. The molecular formula is C11H21NO3. The standard InChI is InChI=1S/C11H21NO3/c1-7-8(2)15-9(3)10(7)11(14)12-5-4-6-13/h7-10,13H,4-6H2,1-3H3,(H,12,14). The van der Waals surface area contributed by atoms with Gasteiger partial charge in [0.15, 0.2) is 0 Å². The molecule has 4 nitrogen and oxygen atoms in total. The Labute approximate surface area is 91.0 Å². The minimum absolute atomic E-state index is 0.0101. The minimum Gasteiger partial charge on any atom is -0.396 e. The van der Waals surface area contributed by atoms with Gasteiger partial charge in [-0.3, -0.25) is 4.79 Å². The summed E-state index contributed by atoms with van der Waals surface area (Å²) in [6.45, 7) is 6.64. The summed E-state index contributed by atoms with van der Waals surface area (Å²) in [7, 11) is 0. The normalized spacial score (nSPS) is 35.5. The second-order valence-corrected chi connectivity index (χ2v) is 4.30. The van der Waals surface area contributed by atoms with Crippen LogP contribution in [0.25, 0.3) is 0 Å². The average Bonchev–Trinajstić information content (AvgIpc) is 2.41. The molecule has 4 atom stereocenters. The third kappa shape index (κ3) is 2.92. The first-order valence-corrected chi connectivity index (χ1v) is 5.62. The Kier molecular flexibility index (Phi) is 4.54. The highest BCUT2D eigenvalue weighted by Gasteiger charge is 2.41. The van der Waals surface area contributed by atoms with Gasteiger partial charge in [0, 0.05) is 13.2 Å². The van der Waals surface area contributed by atoms with Crippen molar-refractivity contribution in [3.05, 3.63) is 0 Å². The molecule has 0 aliphatic carbocycles. The zero-order valence-electron chi connectivity index (χ0n) is 9.69. The van der Waals surface area contributed by atoms with Gasteiger partial charge in [0.1, 0.15) is 0 Å². The van der Waals surface area contributed by atoms with E-state index in [9.17, 15) is 4.79 Å². The lowest BCUT2D eigenvalue weighted by Crippen LogP contribution is -2.37. The van der Waals surface area contributed by atoms with Crippen LogP contribution in [-0.2, 0) is 9.53 Å². The lowest BCUT2D eigenvalue weighted by atomic mass is 9.89. The Bertz CT molecular complexity index is 220. The van der Waals surface area contributed by atoms with Crippen LogP contribution in [0, 0.1) is 11.8 Å². The van der Waals surface area contributed by atoms with Crippen molar-refractivity contribution >= 4 is 5.91 Å². The van der Waals surface area contributed by atoms with Gasteiger partial charge in [-0.15, -0.1) is 0 Å². The molecule has 1 aliphatic heterocycles. The van der Waals surface area contributed by atoms with Gasteiger partial charge in [-0.25, -0.2) is 0 Å². The molecule has 0 radical (unpaired) electrons. The number of aliphatic hydroxyl groups excluding tert-OH is 1. The van der Waals surface area contributed by atoms with E-state index in [-0.39, 0.29) is 36.6 Å². The summed E-state index contributed by atoms with van der Waals surface area (Å²) in [6, 6.07) is 0. The van der Waals surface area contributed by atoms with Crippen molar-refractivity contribution in [2.75, 3.05) is 13.2 Å². The topological polar surface area (TPSA) is 58.6 Å². The Hall–Kier alpha value is -0.610. The van der Waals surface area contributed by atoms with Crippen LogP contribution in [0.5, 0.6) is 0 Å². The number of aliphatic hydroxyl groups is 1. The van der Waals surface area contributed by atoms with Crippen molar-refractivity contribution in [1.82, 2.24) is 5.32 Å². The van der Waals surface area contributed by atoms with Crippen LogP contribution in [0.3, 0.4) is 0 Å². The van der Waals surface area contributed by atoms with Gasteiger partial charge in [0.25, 0.3) is 0 Å². The second kappa shape index (κ2) is 5.47. The molecule has 1 saturated heterocycles. The molecule has 0 saturated carbocycles. The molecule has 0 bridgehead atoms. The fraction of sp³-hybridized carbons (Fsp3) is 0.909. The van der Waals surface area contributed by atoms with Gasteiger partial charge >= 0.3 is 0 Å². The molecule has 0 aromatic heterocycles.